The Labute approximate surface area is 117 Å². The lowest BCUT2D eigenvalue weighted by molar-refractivity contribution is 0.809. The monoisotopic (exact) mass is 290 g/mol. The van der Waals surface area contributed by atoms with Crippen LogP contribution in [0, 0.1) is 0 Å². The van der Waals surface area contributed by atoms with Crippen molar-refractivity contribution in [3.63, 3.8) is 0 Å². The van der Waals surface area contributed by atoms with Crippen molar-refractivity contribution in [2.75, 3.05) is 6.54 Å². The van der Waals surface area contributed by atoms with Gasteiger partial charge in [0.05, 0.1) is 0 Å². The van der Waals surface area contributed by atoms with Gasteiger partial charge in [0, 0.05) is 22.3 Å². The van der Waals surface area contributed by atoms with Crippen molar-refractivity contribution in [3.05, 3.63) is 33.8 Å². The van der Waals surface area contributed by atoms with E-state index < -0.39 is 0 Å². The van der Waals surface area contributed by atoms with Crippen LogP contribution in [0.4, 0.5) is 0 Å². The Morgan fingerprint density at radius 3 is 2.82 bits per heavy atom. The first-order chi connectivity index (χ1) is 8.13. The van der Waals surface area contributed by atoms with Gasteiger partial charge in [0.15, 0.2) is 5.17 Å². The Morgan fingerprint density at radius 1 is 1.41 bits per heavy atom. The van der Waals surface area contributed by atoms with Gasteiger partial charge in [-0.2, -0.15) is 0 Å². The summed E-state index contributed by atoms with van der Waals surface area (Å²) in [6.07, 6.45) is 2.20. The second kappa shape index (κ2) is 7.85. The molecular weight excluding hydrogens is 275 g/mol. The quantitative estimate of drug-likeness (QED) is 0.498. The standard InChI is InChI=1S/C12H16Cl2N2S/c1-2-3-6-16-12(15)17-8-9-4-5-10(13)7-11(9)14/h4-5,7H,2-3,6,8H2,1H3,(H2,15,16). The van der Waals surface area contributed by atoms with Crippen LogP contribution >= 0.6 is 35.0 Å². The molecule has 5 heteroatoms. The molecule has 1 aromatic carbocycles. The summed E-state index contributed by atoms with van der Waals surface area (Å²) < 4.78 is 0. The molecule has 0 heterocycles. The third-order valence-electron chi connectivity index (χ3n) is 2.17. The molecule has 0 aliphatic heterocycles. The molecule has 0 atom stereocenters. The van der Waals surface area contributed by atoms with E-state index in [1.807, 2.05) is 12.1 Å². The maximum absolute atomic E-state index is 6.06. The van der Waals surface area contributed by atoms with Crippen molar-refractivity contribution in [2.45, 2.75) is 25.5 Å². The summed E-state index contributed by atoms with van der Waals surface area (Å²) in [4.78, 5) is 4.26. The van der Waals surface area contributed by atoms with Crippen molar-refractivity contribution in [3.8, 4) is 0 Å². The maximum Gasteiger partial charge on any atom is 0.154 e. The van der Waals surface area contributed by atoms with Crippen LogP contribution in [0.25, 0.3) is 0 Å². The Morgan fingerprint density at radius 2 is 2.18 bits per heavy atom. The Kier molecular flexibility index (Phi) is 6.78. The van der Waals surface area contributed by atoms with Gasteiger partial charge in [-0.1, -0.05) is 54.4 Å². The van der Waals surface area contributed by atoms with Gasteiger partial charge in [0.1, 0.15) is 0 Å². The number of rotatable bonds is 5. The molecule has 1 rings (SSSR count). The molecule has 2 nitrogen and oxygen atoms in total. The number of benzene rings is 1. The van der Waals surface area contributed by atoms with E-state index in [9.17, 15) is 0 Å². The zero-order chi connectivity index (χ0) is 12.7. The van der Waals surface area contributed by atoms with E-state index in [0.29, 0.717) is 15.2 Å². The lowest BCUT2D eigenvalue weighted by Crippen LogP contribution is -2.07. The van der Waals surface area contributed by atoms with Crippen LogP contribution in [0.5, 0.6) is 0 Å². The minimum atomic E-state index is 0.615. The largest absolute Gasteiger partial charge is 0.379 e. The number of nitrogens with zero attached hydrogens (tertiary/aromatic N) is 1. The molecule has 0 aliphatic rings. The minimum absolute atomic E-state index is 0.615. The van der Waals surface area contributed by atoms with Gasteiger partial charge < -0.3 is 5.73 Å². The lowest BCUT2D eigenvalue weighted by atomic mass is 10.2. The molecule has 2 N–H and O–H groups in total. The SMILES string of the molecule is CCCCN=C(N)SCc1ccc(Cl)cc1Cl. The second-order valence-electron chi connectivity index (χ2n) is 3.60. The zero-order valence-corrected chi connectivity index (χ0v) is 12.1. The predicted octanol–water partition coefficient (Wildman–Crippen LogP) is 4.34. The first-order valence-corrected chi connectivity index (χ1v) is 7.24. The van der Waals surface area contributed by atoms with Gasteiger partial charge in [0.2, 0.25) is 0 Å². The number of hydrogen-bond donors (Lipinski definition) is 1. The Bertz CT molecular complexity index is 394. The molecule has 0 radical (unpaired) electrons. The van der Waals surface area contributed by atoms with Crippen molar-refractivity contribution in [1.82, 2.24) is 0 Å². The van der Waals surface area contributed by atoms with Gasteiger partial charge in [-0.25, -0.2) is 0 Å². The van der Waals surface area contributed by atoms with Gasteiger partial charge in [-0.15, -0.1) is 0 Å². The highest BCUT2D eigenvalue weighted by molar-refractivity contribution is 8.13. The highest BCUT2D eigenvalue weighted by Gasteiger charge is 2.02. The van der Waals surface area contributed by atoms with E-state index >= 15 is 0 Å². The minimum Gasteiger partial charge on any atom is -0.379 e. The van der Waals surface area contributed by atoms with E-state index in [2.05, 4.69) is 11.9 Å². The summed E-state index contributed by atoms with van der Waals surface area (Å²) in [6.45, 7) is 2.93. The fourth-order valence-electron chi connectivity index (χ4n) is 1.18. The van der Waals surface area contributed by atoms with Crippen LogP contribution in [0.15, 0.2) is 23.2 Å². The number of aliphatic imine (C=N–C) groups is 1. The van der Waals surface area contributed by atoms with E-state index in [1.165, 1.54) is 11.8 Å². The first kappa shape index (κ1) is 14.7. The van der Waals surface area contributed by atoms with E-state index in [1.54, 1.807) is 6.07 Å². The number of thioether (sulfide) groups is 1. The highest BCUT2D eigenvalue weighted by atomic mass is 35.5. The van der Waals surface area contributed by atoms with Crippen LogP contribution < -0.4 is 5.73 Å². The average Bonchev–Trinajstić information content (AvgIpc) is 2.28. The smallest absolute Gasteiger partial charge is 0.154 e. The number of halogens is 2. The molecular formula is C12H16Cl2N2S. The third-order valence-corrected chi connectivity index (χ3v) is 3.64. The van der Waals surface area contributed by atoms with Gasteiger partial charge in [-0.3, -0.25) is 4.99 Å². The Hall–Kier alpha value is -0.380. The van der Waals surface area contributed by atoms with Crippen LogP contribution in [-0.4, -0.2) is 11.7 Å². The summed E-state index contributed by atoms with van der Waals surface area (Å²) in [5.74, 6) is 0.720. The van der Waals surface area contributed by atoms with Crippen molar-refractivity contribution in [1.29, 1.82) is 0 Å². The summed E-state index contributed by atoms with van der Waals surface area (Å²) in [6, 6.07) is 5.48. The average molecular weight is 291 g/mol. The molecule has 0 aromatic heterocycles. The van der Waals surface area contributed by atoms with Crippen LogP contribution in [-0.2, 0) is 5.75 Å². The molecule has 0 saturated carbocycles. The third kappa shape index (κ3) is 5.66. The molecule has 0 aliphatic carbocycles. The number of amidine groups is 1. The second-order valence-corrected chi connectivity index (χ2v) is 5.44. The van der Waals surface area contributed by atoms with Crippen molar-refractivity contribution >= 4 is 40.1 Å². The topological polar surface area (TPSA) is 38.4 Å². The molecule has 17 heavy (non-hydrogen) atoms. The molecule has 0 bridgehead atoms. The molecule has 0 unspecified atom stereocenters. The Balaban J connectivity index is 2.47. The maximum atomic E-state index is 6.06. The van der Waals surface area contributed by atoms with Crippen LogP contribution in [0.3, 0.4) is 0 Å². The van der Waals surface area contributed by atoms with Crippen molar-refractivity contribution < 1.29 is 0 Å². The molecule has 94 valence electrons. The molecule has 0 amide bonds. The normalized spacial score (nSPS) is 11.8. The number of unbranched alkanes of at least 4 members (excludes halogenated alkanes) is 1. The molecule has 0 fully saturated rings. The van der Waals surface area contributed by atoms with Gasteiger partial charge in [-0.05, 0) is 24.1 Å². The van der Waals surface area contributed by atoms with Crippen LogP contribution in [0.2, 0.25) is 10.0 Å². The van der Waals surface area contributed by atoms with E-state index in [0.717, 1.165) is 30.7 Å². The summed E-state index contributed by atoms with van der Waals surface area (Å²) >= 11 is 13.4. The predicted molar refractivity (Wildman–Crippen MR) is 79.2 cm³/mol. The van der Waals surface area contributed by atoms with E-state index in [4.69, 9.17) is 28.9 Å². The fraction of sp³-hybridized carbons (Fsp3) is 0.417. The summed E-state index contributed by atoms with van der Waals surface area (Å²) in [7, 11) is 0. The molecule has 0 spiro atoms. The number of nitrogens with two attached hydrogens (primary N) is 1. The molecule has 0 saturated heterocycles. The van der Waals surface area contributed by atoms with Gasteiger partial charge in [0.25, 0.3) is 0 Å². The first-order valence-electron chi connectivity index (χ1n) is 5.50. The number of hydrogen-bond acceptors (Lipinski definition) is 2. The van der Waals surface area contributed by atoms with Crippen molar-refractivity contribution in [2.24, 2.45) is 10.7 Å². The zero-order valence-electron chi connectivity index (χ0n) is 9.75. The summed E-state index contributed by atoms with van der Waals surface area (Å²) in [5, 5.41) is 1.93. The van der Waals surface area contributed by atoms with E-state index in [-0.39, 0.29) is 0 Å². The van der Waals surface area contributed by atoms with Gasteiger partial charge >= 0.3 is 0 Å². The summed E-state index contributed by atoms with van der Waals surface area (Å²) in [5.41, 5.74) is 6.81. The van der Waals surface area contributed by atoms with Crippen LogP contribution in [0.1, 0.15) is 25.3 Å². The lowest BCUT2D eigenvalue weighted by Gasteiger charge is -2.04. The fourth-order valence-corrected chi connectivity index (χ4v) is 2.48. The molecule has 1 aromatic rings. The highest BCUT2D eigenvalue weighted by Crippen LogP contribution is 2.24.